The summed E-state index contributed by atoms with van der Waals surface area (Å²) in [6, 6.07) is 0. The summed E-state index contributed by atoms with van der Waals surface area (Å²) in [5, 5.41) is 0. The molecule has 0 rings (SSSR count). The van der Waals surface area contributed by atoms with Crippen molar-refractivity contribution in [2.75, 3.05) is 21.3 Å². The summed E-state index contributed by atoms with van der Waals surface area (Å²) in [6.45, 7) is 1.79. The first kappa shape index (κ1) is 14.9. The number of rotatable bonds is 5. The Kier molecular flexibility index (Phi) is 12.8. The molecule has 0 saturated heterocycles. The van der Waals surface area contributed by atoms with E-state index in [4.69, 9.17) is 16.1 Å². The normalized spacial score (nSPS) is 12.0. The molecule has 1 unspecified atom stereocenters. The summed E-state index contributed by atoms with van der Waals surface area (Å²) >= 11 is -1.89. The number of hydrogen-bond acceptors (Lipinski definition) is 4. The fourth-order valence-electron chi connectivity index (χ4n) is 0.419. The van der Waals surface area contributed by atoms with Crippen LogP contribution in [0.25, 0.3) is 0 Å². The second-order valence-electron chi connectivity index (χ2n) is 1.70. The summed E-state index contributed by atoms with van der Waals surface area (Å²) < 4.78 is 19.8. The Morgan fingerprint density at radius 2 is 1.64 bits per heavy atom. The second-order valence-corrected chi connectivity index (χ2v) is 3.49. The van der Waals surface area contributed by atoms with Gasteiger partial charge in [0.2, 0.25) is 0 Å². The van der Waals surface area contributed by atoms with Crippen LogP contribution < -0.4 is 29.6 Å². The van der Waals surface area contributed by atoms with E-state index >= 15 is 0 Å². The third-order valence-electron chi connectivity index (χ3n) is 1.02. The average molecular weight is 188 g/mol. The van der Waals surface area contributed by atoms with Crippen molar-refractivity contribution in [1.29, 1.82) is 0 Å². The summed E-state index contributed by atoms with van der Waals surface area (Å²) in [4.78, 5) is 0. The molecule has 1 atom stereocenters. The van der Waals surface area contributed by atoms with E-state index in [0.29, 0.717) is 0 Å². The molecule has 62 valence electrons. The van der Waals surface area contributed by atoms with Gasteiger partial charge in [-0.15, -0.1) is 0 Å². The molecule has 0 aromatic carbocycles. The van der Waals surface area contributed by atoms with Gasteiger partial charge in [-0.05, 0) is 6.92 Å². The van der Waals surface area contributed by atoms with E-state index in [1.54, 1.807) is 28.3 Å². The quantitative estimate of drug-likeness (QED) is 0.350. The zero-order chi connectivity index (χ0) is 7.98. The van der Waals surface area contributed by atoms with Crippen LogP contribution in [0, 0.1) is 0 Å². The molecule has 0 amide bonds. The van der Waals surface area contributed by atoms with Gasteiger partial charge in [-0.3, -0.25) is 0 Å². The van der Waals surface area contributed by atoms with Crippen LogP contribution in [0.2, 0.25) is 0 Å². The van der Waals surface area contributed by atoms with Crippen LogP contribution in [0.4, 0.5) is 0 Å². The molecule has 0 fully saturated rings. The van der Waals surface area contributed by atoms with E-state index in [1.165, 1.54) is 0 Å². The first-order valence-electron chi connectivity index (χ1n) is 2.98. The van der Waals surface area contributed by atoms with Crippen molar-refractivity contribution in [2.24, 2.45) is 0 Å². The van der Waals surface area contributed by atoms with Crippen LogP contribution in [0.3, 0.4) is 0 Å². The molecular weight excluding hydrogens is 174 g/mol. The molecular formula is C5H14AlNaO4. The molecule has 0 N–H and O–H groups in total. The second kappa shape index (κ2) is 9.46. The van der Waals surface area contributed by atoms with Gasteiger partial charge < -0.3 is 17.5 Å². The van der Waals surface area contributed by atoms with Crippen molar-refractivity contribution in [3.63, 3.8) is 0 Å². The SMILES string of the molecule is COC(C)[O][Al]([O]C)[O]C.[H-].[Na+]. The predicted octanol–water partition coefficient (Wildman–Crippen LogP) is -2.61. The van der Waals surface area contributed by atoms with Crippen LogP contribution in [0.5, 0.6) is 0 Å². The largest absolute Gasteiger partial charge is 1.00 e. The molecule has 0 aromatic rings. The van der Waals surface area contributed by atoms with Crippen LogP contribution in [-0.2, 0) is 16.1 Å². The monoisotopic (exact) mass is 188 g/mol. The van der Waals surface area contributed by atoms with Gasteiger partial charge in [0.1, 0.15) is 6.29 Å². The van der Waals surface area contributed by atoms with Crippen LogP contribution in [0.1, 0.15) is 8.35 Å². The van der Waals surface area contributed by atoms with E-state index in [9.17, 15) is 0 Å². The fourth-order valence-corrected chi connectivity index (χ4v) is 1.26. The number of hydrogen-bond donors (Lipinski definition) is 0. The van der Waals surface area contributed by atoms with Crippen LogP contribution in [0.15, 0.2) is 0 Å². The first-order valence-corrected chi connectivity index (χ1v) is 4.39. The van der Waals surface area contributed by atoms with Gasteiger partial charge in [-0.25, -0.2) is 0 Å². The van der Waals surface area contributed by atoms with Gasteiger partial charge in [0, 0.05) is 21.3 Å². The molecule has 11 heavy (non-hydrogen) atoms. The smallest absolute Gasteiger partial charge is 1.00 e. The zero-order valence-corrected chi connectivity index (χ0v) is 10.9. The van der Waals surface area contributed by atoms with E-state index in [1.807, 2.05) is 0 Å². The Hall–Kier alpha value is 1.37. The molecule has 0 aromatic heterocycles. The minimum atomic E-state index is -1.89. The zero-order valence-electron chi connectivity index (χ0n) is 8.79. The molecule has 0 aliphatic heterocycles. The number of ether oxygens (including phenoxy) is 1. The van der Waals surface area contributed by atoms with Gasteiger partial charge in [0.15, 0.2) is 0 Å². The van der Waals surface area contributed by atoms with Crippen molar-refractivity contribution in [1.82, 2.24) is 0 Å². The molecule has 0 radical (unpaired) electrons. The van der Waals surface area contributed by atoms with Crippen molar-refractivity contribution in [3.8, 4) is 0 Å². The minimum Gasteiger partial charge on any atom is -1.00 e. The topological polar surface area (TPSA) is 36.9 Å². The third kappa shape index (κ3) is 7.72. The fraction of sp³-hybridized carbons (Fsp3) is 1.00. The van der Waals surface area contributed by atoms with E-state index in [-0.39, 0.29) is 37.3 Å². The molecule has 4 nitrogen and oxygen atoms in total. The summed E-state index contributed by atoms with van der Waals surface area (Å²) in [6.07, 6.45) is -0.253. The van der Waals surface area contributed by atoms with Crippen molar-refractivity contribution in [3.05, 3.63) is 0 Å². The molecule has 0 spiro atoms. The number of methoxy groups -OCH3 is 1. The summed E-state index contributed by atoms with van der Waals surface area (Å²) in [5.74, 6) is 0. The van der Waals surface area contributed by atoms with Gasteiger partial charge in [-0.1, -0.05) is 0 Å². The van der Waals surface area contributed by atoms with Gasteiger partial charge >= 0.3 is 44.7 Å². The molecule has 0 aliphatic carbocycles. The molecule has 0 aliphatic rings. The van der Waals surface area contributed by atoms with Gasteiger partial charge in [0.25, 0.3) is 0 Å². The Morgan fingerprint density at radius 3 is 1.91 bits per heavy atom. The van der Waals surface area contributed by atoms with Crippen molar-refractivity contribution >= 4 is 15.1 Å². The Bertz CT molecular complexity index is 85.8. The summed E-state index contributed by atoms with van der Waals surface area (Å²) in [5.41, 5.74) is 0. The maximum atomic E-state index is 5.17. The van der Waals surface area contributed by atoms with E-state index in [2.05, 4.69) is 0 Å². The molecule has 0 bridgehead atoms. The van der Waals surface area contributed by atoms with E-state index in [0.717, 1.165) is 0 Å². The Morgan fingerprint density at radius 1 is 1.18 bits per heavy atom. The third-order valence-corrected chi connectivity index (χ3v) is 2.39. The van der Waals surface area contributed by atoms with Gasteiger partial charge in [-0.2, -0.15) is 0 Å². The molecule has 6 heteroatoms. The Labute approximate surface area is 96.3 Å². The van der Waals surface area contributed by atoms with Crippen LogP contribution >= 0.6 is 0 Å². The van der Waals surface area contributed by atoms with Crippen LogP contribution in [-0.4, -0.2) is 42.8 Å². The molecule has 0 heterocycles. The Balaban J connectivity index is -0.000000405. The minimum absolute atomic E-state index is 0. The summed E-state index contributed by atoms with van der Waals surface area (Å²) in [7, 11) is 4.69. The van der Waals surface area contributed by atoms with E-state index < -0.39 is 15.1 Å². The first-order chi connectivity index (χ1) is 4.74. The molecule has 0 saturated carbocycles. The average Bonchev–Trinajstić information content (AvgIpc) is 1.99. The maximum absolute atomic E-state index is 5.17. The van der Waals surface area contributed by atoms with Crippen molar-refractivity contribution < 1.29 is 47.1 Å². The predicted molar refractivity (Wildman–Crippen MR) is 38.4 cm³/mol. The maximum Gasteiger partial charge on any atom is 1.00 e. The van der Waals surface area contributed by atoms with Gasteiger partial charge in [0.05, 0.1) is 0 Å². The standard InChI is InChI=1S/C3H7O2.2CH3O.Al.Na.H/c1-3(4)5-2;2*1-2;;;/h3H,1-2H3;2*1H3;;;/q3*-1;+3;+1;-1. The van der Waals surface area contributed by atoms with Crippen molar-refractivity contribution in [2.45, 2.75) is 13.2 Å².